The number of nitrogens with one attached hydrogen (secondary N) is 1. The highest BCUT2D eigenvalue weighted by Crippen LogP contribution is 2.27. The minimum Gasteiger partial charge on any atom is -0.314 e. The summed E-state index contributed by atoms with van der Waals surface area (Å²) in [5.41, 5.74) is 0. The maximum atomic E-state index is 3.64. The summed E-state index contributed by atoms with van der Waals surface area (Å²) >= 11 is 0. The lowest BCUT2D eigenvalue weighted by Crippen LogP contribution is -2.47. The summed E-state index contributed by atoms with van der Waals surface area (Å²) in [6.45, 7) is 5.97. The Hall–Kier alpha value is -0.0800. The van der Waals surface area contributed by atoms with Gasteiger partial charge in [0, 0.05) is 18.1 Å². The van der Waals surface area contributed by atoms with Crippen molar-refractivity contribution in [2.45, 2.75) is 64.1 Å². The van der Waals surface area contributed by atoms with Crippen molar-refractivity contribution in [3.05, 3.63) is 0 Å². The Bertz CT molecular complexity index is 197. The average molecular weight is 210 g/mol. The molecule has 1 N–H and O–H groups in total. The van der Waals surface area contributed by atoms with Crippen LogP contribution in [0.2, 0.25) is 0 Å². The van der Waals surface area contributed by atoms with Crippen molar-refractivity contribution in [1.82, 2.24) is 10.2 Å². The molecule has 0 amide bonds. The number of hydrogen-bond donors (Lipinski definition) is 1. The van der Waals surface area contributed by atoms with Crippen LogP contribution in [-0.4, -0.2) is 36.6 Å². The standard InChI is InChI=1S/C13H26N2/c1-10(9-14-12-7-8-12)11(2)15(3)13-5-4-6-13/h10-14H,4-9H2,1-3H3. The highest BCUT2D eigenvalue weighted by atomic mass is 15.2. The van der Waals surface area contributed by atoms with Crippen LogP contribution >= 0.6 is 0 Å². The van der Waals surface area contributed by atoms with Crippen molar-refractivity contribution < 1.29 is 0 Å². The van der Waals surface area contributed by atoms with Crippen LogP contribution in [0.15, 0.2) is 0 Å². The lowest BCUT2D eigenvalue weighted by Gasteiger charge is -2.41. The molecule has 0 radical (unpaired) electrons. The van der Waals surface area contributed by atoms with Gasteiger partial charge in [-0.15, -0.1) is 0 Å². The van der Waals surface area contributed by atoms with Crippen molar-refractivity contribution >= 4 is 0 Å². The zero-order chi connectivity index (χ0) is 10.8. The van der Waals surface area contributed by atoms with Gasteiger partial charge in [0.05, 0.1) is 0 Å². The fourth-order valence-corrected chi connectivity index (χ4v) is 2.34. The molecular weight excluding hydrogens is 184 g/mol. The third kappa shape index (κ3) is 2.94. The zero-order valence-corrected chi connectivity index (χ0v) is 10.5. The van der Waals surface area contributed by atoms with E-state index in [4.69, 9.17) is 0 Å². The maximum Gasteiger partial charge on any atom is 0.0105 e. The Morgan fingerprint density at radius 2 is 1.87 bits per heavy atom. The molecule has 0 aromatic heterocycles. The van der Waals surface area contributed by atoms with E-state index in [0.29, 0.717) is 0 Å². The summed E-state index contributed by atoms with van der Waals surface area (Å²) in [7, 11) is 2.31. The highest BCUT2D eigenvalue weighted by Gasteiger charge is 2.28. The first-order valence-electron chi connectivity index (χ1n) is 6.64. The molecule has 0 spiro atoms. The SMILES string of the molecule is CC(CNC1CC1)C(C)N(C)C1CCC1. The van der Waals surface area contributed by atoms with Gasteiger partial charge < -0.3 is 10.2 Å². The van der Waals surface area contributed by atoms with E-state index in [1.54, 1.807) is 0 Å². The highest BCUT2D eigenvalue weighted by molar-refractivity contribution is 4.86. The minimum atomic E-state index is 0.724. The molecule has 0 saturated heterocycles. The van der Waals surface area contributed by atoms with Gasteiger partial charge in [-0.2, -0.15) is 0 Å². The van der Waals surface area contributed by atoms with Crippen LogP contribution in [0.3, 0.4) is 0 Å². The second kappa shape index (κ2) is 4.84. The Labute approximate surface area is 94.4 Å². The molecule has 0 heterocycles. The third-order valence-electron chi connectivity index (χ3n) is 4.42. The molecule has 88 valence electrons. The molecule has 2 fully saturated rings. The van der Waals surface area contributed by atoms with Gasteiger partial charge in [-0.05, 0) is 52.1 Å². The molecule has 0 aromatic carbocycles. The van der Waals surface area contributed by atoms with Crippen molar-refractivity contribution in [3.8, 4) is 0 Å². The van der Waals surface area contributed by atoms with Crippen LogP contribution in [0, 0.1) is 5.92 Å². The van der Waals surface area contributed by atoms with E-state index in [2.05, 4.69) is 31.1 Å². The number of hydrogen-bond acceptors (Lipinski definition) is 2. The van der Waals surface area contributed by atoms with Gasteiger partial charge in [0.2, 0.25) is 0 Å². The second-order valence-corrected chi connectivity index (χ2v) is 5.65. The van der Waals surface area contributed by atoms with Gasteiger partial charge in [0.1, 0.15) is 0 Å². The first-order valence-corrected chi connectivity index (χ1v) is 6.64. The molecule has 15 heavy (non-hydrogen) atoms. The summed E-state index contributed by atoms with van der Waals surface area (Å²) in [6.07, 6.45) is 7.09. The Morgan fingerprint density at radius 3 is 2.33 bits per heavy atom. The smallest absolute Gasteiger partial charge is 0.0105 e. The first-order chi connectivity index (χ1) is 7.18. The van der Waals surface area contributed by atoms with E-state index in [9.17, 15) is 0 Å². The van der Waals surface area contributed by atoms with Crippen LogP contribution in [0.5, 0.6) is 0 Å². The molecule has 2 unspecified atom stereocenters. The minimum absolute atomic E-state index is 0.724. The van der Waals surface area contributed by atoms with Gasteiger partial charge in [-0.1, -0.05) is 13.3 Å². The fourth-order valence-electron chi connectivity index (χ4n) is 2.34. The molecule has 2 nitrogen and oxygen atoms in total. The van der Waals surface area contributed by atoms with Crippen LogP contribution in [-0.2, 0) is 0 Å². The van der Waals surface area contributed by atoms with E-state index in [0.717, 1.165) is 24.0 Å². The fraction of sp³-hybridized carbons (Fsp3) is 1.00. The van der Waals surface area contributed by atoms with E-state index in [1.807, 2.05) is 0 Å². The van der Waals surface area contributed by atoms with Crippen LogP contribution < -0.4 is 5.32 Å². The van der Waals surface area contributed by atoms with Gasteiger partial charge in [-0.25, -0.2) is 0 Å². The van der Waals surface area contributed by atoms with Gasteiger partial charge in [0.25, 0.3) is 0 Å². The van der Waals surface area contributed by atoms with Crippen molar-refractivity contribution in [1.29, 1.82) is 0 Å². The number of rotatable bonds is 6. The molecule has 2 atom stereocenters. The summed E-state index contributed by atoms with van der Waals surface area (Å²) in [5, 5.41) is 3.64. The molecule has 0 aromatic rings. The molecular formula is C13H26N2. The van der Waals surface area contributed by atoms with Crippen molar-refractivity contribution in [3.63, 3.8) is 0 Å². The summed E-state index contributed by atoms with van der Waals surface area (Å²) in [5.74, 6) is 0.774. The monoisotopic (exact) mass is 210 g/mol. The van der Waals surface area contributed by atoms with Crippen LogP contribution in [0.1, 0.15) is 46.0 Å². The molecule has 2 heteroatoms. The van der Waals surface area contributed by atoms with E-state index < -0.39 is 0 Å². The largest absolute Gasteiger partial charge is 0.314 e. The van der Waals surface area contributed by atoms with Crippen molar-refractivity contribution in [2.75, 3.05) is 13.6 Å². The second-order valence-electron chi connectivity index (χ2n) is 5.65. The summed E-state index contributed by atoms with van der Waals surface area (Å²) in [6, 6.07) is 2.46. The van der Waals surface area contributed by atoms with Crippen molar-refractivity contribution in [2.24, 2.45) is 5.92 Å². The third-order valence-corrected chi connectivity index (χ3v) is 4.42. The summed E-state index contributed by atoms with van der Waals surface area (Å²) < 4.78 is 0. The zero-order valence-electron chi connectivity index (χ0n) is 10.5. The van der Waals surface area contributed by atoms with E-state index in [1.165, 1.54) is 38.6 Å². The lowest BCUT2D eigenvalue weighted by molar-refractivity contribution is 0.0896. The average Bonchev–Trinajstić information content (AvgIpc) is 2.93. The van der Waals surface area contributed by atoms with Gasteiger partial charge in [0.15, 0.2) is 0 Å². The molecule has 2 aliphatic rings. The Morgan fingerprint density at radius 1 is 1.20 bits per heavy atom. The molecule has 2 rings (SSSR count). The predicted octanol–water partition coefficient (Wildman–Crippen LogP) is 2.25. The van der Waals surface area contributed by atoms with Crippen LogP contribution in [0.25, 0.3) is 0 Å². The number of nitrogens with zero attached hydrogens (tertiary/aromatic N) is 1. The van der Waals surface area contributed by atoms with Crippen LogP contribution in [0.4, 0.5) is 0 Å². The normalized spacial score (nSPS) is 26.4. The Kier molecular flexibility index (Phi) is 3.68. The summed E-state index contributed by atoms with van der Waals surface area (Å²) in [4.78, 5) is 2.60. The first kappa shape index (κ1) is 11.4. The molecule has 2 saturated carbocycles. The van der Waals surface area contributed by atoms with Gasteiger partial charge in [-0.3, -0.25) is 0 Å². The Balaban J connectivity index is 1.69. The topological polar surface area (TPSA) is 15.3 Å². The predicted molar refractivity (Wildman–Crippen MR) is 65.1 cm³/mol. The lowest BCUT2D eigenvalue weighted by atomic mass is 9.89. The molecule has 0 bridgehead atoms. The van der Waals surface area contributed by atoms with Gasteiger partial charge >= 0.3 is 0 Å². The molecule has 2 aliphatic carbocycles. The van der Waals surface area contributed by atoms with E-state index >= 15 is 0 Å². The quantitative estimate of drug-likeness (QED) is 0.723. The van der Waals surface area contributed by atoms with E-state index in [-0.39, 0.29) is 0 Å². The molecule has 0 aliphatic heterocycles. The maximum absolute atomic E-state index is 3.64.